The molecule has 0 aromatic rings. The predicted octanol–water partition coefficient (Wildman–Crippen LogP) is 1.94. The third-order valence-electron chi connectivity index (χ3n) is 1.56. The maximum Gasteiger partial charge on any atom is 0.157 e. The Hall–Kier alpha value is -0.0800. The Morgan fingerprint density at radius 1 is 1.40 bits per heavy atom. The molecule has 0 N–H and O–H groups in total. The van der Waals surface area contributed by atoms with Crippen LogP contribution in [-0.2, 0) is 9.47 Å². The van der Waals surface area contributed by atoms with Crippen molar-refractivity contribution < 1.29 is 9.47 Å². The van der Waals surface area contributed by atoms with Crippen LogP contribution in [-0.4, -0.2) is 19.0 Å². The number of hydrogen-bond donors (Lipinski definition) is 0. The highest BCUT2D eigenvalue weighted by molar-refractivity contribution is 4.54. The van der Waals surface area contributed by atoms with Gasteiger partial charge in [0.25, 0.3) is 0 Å². The van der Waals surface area contributed by atoms with E-state index >= 15 is 0 Å². The fraction of sp³-hybridized carbons (Fsp3) is 1.00. The molecular formula is C8H16O2. The van der Waals surface area contributed by atoms with Gasteiger partial charge in [-0.2, -0.15) is 0 Å². The zero-order valence-corrected chi connectivity index (χ0v) is 6.80. The Kier molecular flexibility index (Phi) is 3.16. The summed E-state index contributed by atoms with van der Waals surface area (Å²) in [6.45, 7) is 4.95. The molecule has 0 aromatic carbocycles. The standard InChI is InChI=1S/C8H16O2/c1-7(2)10-8-5-3-4-6-9-8/h7-8H,3-6H2,1-2H3/t8-/m1/s1. The molecule has 0 radical (unpaired) electrons. The molecule has 10 heavy (non-hydrogen) atoms. The Morgan fingerprint density at radius 2 is 2.20 bits per heavy atom. The smallest absolute Gasteiger partial charge is 0.157 e. The average molecular weight is 144 g/mol. The van der Waals surface area contributed by atoms with E-state index in [0.717, 1.165) is 13.0 Å². The first-order chi connectivity index (χ1) is 4.79. The SMILES string of the molecule is CC(C)O[C@@H]1CCCCO1. The number of hydrogen-bond acceptors (Lipinski definition) is 2. The first kappa shape index (κ1) is 8.02. The Bertz CT molecular complexity index is 85.3. The summed E-state index contributed by atoms with van der Waals surface area (Å²) in [5, 5.41) is 0. The van der Waals surface area contributed by atoms with Crippen molar-refractivity contribution in [1.29, 1.82) is 0 Å². The second-order valence-corrected chi connectivity index (χ2v) is 2.98. The van der Waals surface area contributed by atoms with Crippen LogP contribution in [0.5, 0.6) is 0 Å². The molecule has 0 aromatic heterocycles. The zero-order valence-electron chi connectivity index (χ0n) is 6.80. The molecule has 0 unspecified atom stereocenters. The van der Waals surface area contributed by atoms with Gasteiger partial charge < -0.3 is 9.47 Å². The summed E-state index contributed by atoms with van der Waals surface area (Å²) in [7, 11) is 0. The lowest BCUT2D eigenvalue weighted by atomic mass is 10.2. The van der Waals surface area contributed by atoms with Crippen LogP contribution in [0.25, 0.3) is 0 Å². The molecule has 0 spiro atoms. The molecule has 1 aliphatic heterocycles. The summed E-state index contributed by atoms with van der Waals surface area (Å²) in [6, 6.07) is 0. The minimum absolute atomic E-state index is 0.0775. The fourth-order valence-corrected chi connectivity index (χ4v) is 1.12. The van der Waals surface area contributed by atoms with Crippen molar-refractivity contribution in [3.05, 3.63) is 0 Å². The lowest BCUT2D eigenvalue weighted by Gasteiger charge is -2.24. The van der Waals surface area contributed by atoms with Crippen molar-refractivity contribution in [1.82, 2.24) is 0 Å². The molecule has 1 heterocycles. The van der Waals surface area contributed by atoms with E-state index in [1.165, 1.54) is 12.8 Å². The molecule has 2 heteroatoms. The highest BCUT2D eigenvalue weighted by Gasteiger charge is 2.14. The van der Waals surface area contributed by atoms with Gasteiger partial charge in [-0.05, 0) is 33.1 Å². The highest BCUT2D eigenvalue weighted by Crippen LogP contribution is 2.14. The minimum Gasteiger partial charge on any atom is -0.353 e. The minimum atomic E-state index is 0.0775. The fourth-order valence-electron chi connectivity index (χ4n) is 1.12. The van der Waals surface area contributed by atoms with Crippen LogP contribution in [0, 0.1) is 0 Å². The van der Waals surface area contributed by atoms with Gasteiger partial charge in [-0.1, -0.05) is 0 Å². The van der Waals surface area contributed by atoms with Crippen molar-refractivity contribution in [2.75, 3.05) is 6.61 Å². The molecule has 1 atom stereocenters. The molecule has 1 saturated heterocycles. The average Bonchev–Trinajstić information content (AvgIpc) is 1.88. The van der Waals surface area contributed by atoms with E-state index in [-0.39, 0.29) is 6.29 Å². The molecule has 0 saturated carbocycles. The third kappa shape index (κ3) is 2.67. The van der Waals surface area contributed by atoms with Gasteiger partial charge in [-0.25, -0.2) is 0 Å². The van der Waals surface area contributed by atoms with E-state index < -0.39 is 0 Å². The first-order valence-corrected chi connectivity index (χ1v) is 4.06. The van der Waals surface area contributed by atoms with Crippen LogP contribution in [0.4, 0.5) is 0 Å². The van der Waals surface area contributed by atoms with E-state index in [4.69, 9.17) is 9.47 Å². The maximum absolute atomic E-state index is 5.47. The van der Waals surface area contributed by atoms with Crippen LogP contribution in [0.1, 0.15) is 33.1 Å². The van der Waals surface area contributed by atoms with Crippen LogP contribution in [0.2, 0.25) is 0 Å². The summed E-state index contributed by atoms with van der Waals surface area (Å²) in [5.41, 5.74) is 0. The molecule has 0 amide bonds. The van der Waals surface area contributed by atoms with Crippen LogP contribution < -0.4 is 0 Å². The van der Waals surface area contributed by atoms with Gasteiger partial charge in [0.2, 0.25) is 0 Å². The Labute approximate surface area is 62.5 Å². The van der Waals surface area contributed by atoms with Crippen molar-refractivity contribution >= 4 is 0 Å². The van der Waals surface area contributed by atoms with Gasteiger partial charge >= 0.3 is 0 Å². The van der Waals surface area contributed by atoms with Crippen LogP contribution in [0.3, 0.4) is 0 Å². The molecule has 1 rings (SSSR count). The van der Waals surface area contributed by atoms with Crippen molar-refractivity contribution in [3.8, 4) is 0 Å². The highest BCUT2D eigenvalue weighted by atomic mass is 16.7. The molecular weight excluding hydrogens is 128 g/mol. The predicted molar refractivity (Wildman–Crippen MR) is 39.8 cm³/mol. The molecule has 1 aliphatic rings. The lowest BCUT2D eigenvalue weighted by Crippen LogP contribution is -2.25. The third-order valence-corrected chi connectivity index (χ3v) is 1.56. The van der Waals surface area contributed by atoms with Gasteiger partial charge in [0.05, 0.1) is 6.10 Å². The van der Waals surface area contributed by atoms with Gasteiger partial charge in [0, 0.05) is 6.61 Å². The monoisotopic (exact) mass is 144 g/mol. The number of rotatable bonds is 2. The van der Waals surface area contributed by atoms with E-state index in [1.54, 1.807) is 0 Å². The largest absolute Gasteiger partial charge is 0.353 e. The van der Waals surface area contributed by atoms with Crippen molar-refractivity contribution in [2.45, 2.75) is 45.5 Å². The second-order valence-electron chi connectivity index (χ2n) is 2.98. The summed E-state index contributed by atoms with van der Waals surface area (Å²) >= 11 is 0. The van der Waals surface area contributed by atoms with Crippen molar-refractivity contribution in [2.24, 2.45) is 0 Å². The summed E-state index contributed by atoms with van der Waals surface area (Å²) < 4.78 is 10.8. The normalized spacial score (nSPS) is 27.3. The number of ether oxygens (including phenoxy) is 2. The topological polar surface area (TPSA) is 18.5 Å². The van der Waals surface area contributed by atoms with Crippen LogP contribution >= 0.6 is 0 Å². The summed E-state index contributed by atoms with van der Waals surface area (Å²) in [4.78, 5) is 0. The lowest BCUT2D eigenvalue weighted by molar-refractivity contribution is -0.180. The molecule has 60 valence electrons. The summed E-state index contributed by atoms with van der Waals surface area (Å²) in [6.07, 6.45) is 3.88. The van der Waals surface area contributed by atoms with E-state index in [1.807, 2.05) is 13.8 Å². The Balaban J connectivity index is 2.13. The zero-order chi connectivity index (χ0) is 7.40. The van der Waals surface area contributed by atoms with Gasteiger partial charge in [0.15, 0.2) is 6.29 Å². The molecule has 0 aliphatic carbocycles. The molecule has 2 nitrogen and oxygen atoms in total. The van der Waals surface area contributed by atoms with Gasteiger partial charge in [-0.15, -0.1) is 0 Å². The quantitative estimate of drug-likeness (QED) is 0.589. The molecule has 0 bridgehead atoms. The maximum atomic E-state index is 5.47. The van der Waals surface area contributed by atoms with Crippen LogP contribution in [0.15, 0.2) is 0 Å². The summed E-state index contributed by atoms with van der Waals surface area (Å²) in [5.74, 6) is 0. The van der Waals surface area contributed by atoms with Gasteiger partial charge in [-0.3, -0.25) is 0 Å². The van der Waals surface area contributed by atoms with E-state index in [0.29, 0.717) is 6.10 Å². The van der Waals surface area contributed by atoms with Gasteiger partial charge in [0.1, 0.15) is 0 Å². The second kappa shape index (κ2) is 3.94. The van der Waals surface area contributed by atoms with E-state index in [9.17, 15) is 0 Å². The molecule has 1 fully saturated rings. The first-order valence-electron chi connectivity index (χ1n) is 4.06. The Morgan fingerprint density at radius 3 is 2.70 bits per heavy atom. The van der Waals surface area contributed by atoms with E-state index in [2.05, 4.69) is 0 Å². The van der Waals surface area contributed by atoms with Crippen molar-refractivity contribution in [3.63, 3.8) is 0 Å².